The highest BCUT2D eigenvalue weighted by Gasteiger charge is 2.58. The van der Waals surface area contributed by atoms with Gasteiger partial charge >= 0.3 is 6.03 Å². The van der Waals surface area contributed by atoms with Gasteiger partial charge in [-0.1, -0.05) is 19.0 Å². The molecule has 1 saturated heterocycles. The number of urea groups is 1. The molecule has 3 fully saturated rings. The van der Waals surface area contributed by atoms with Crippen LogP contribution in [0.3, 0.4) is 0 Å². The summed E-state index contributed by atoms with van der Waals surface area (Å²) in [4.78, 5) is 31.1. The summed E-state index contributed by atoms with van der Waals surface area (Å²) >= 11 is 0. The largest absolute Gasteiger partial charge is 0.339 e. The third-order valence-electron chi connectivity index (χ3n) is 5.30. The number of aromatic nitrogens is 2. The summed E-state index contributed by atoms with van der Waals surface area (Å²) in [7, 11) is 0. The van der Waals surface area contributed by atoms with Crippen molar-refractivity contribution >= 4 is 11.9 Å². The van der Waals surface area contributed by atoms with E-state index >= 15 is 0 Å². The van der Waals surface area contributed by atoms with E-state index in [1.54, 1.807) is 0 Å². The molecule has 1 atom stereocenters. The Labute approximate surface area is 141 Å². The normalized spacial score (nSPS) is 27.2. The minimum Gasteiger partial charge on any atom is -0.339 e. The summed E-state index contributed by atoms with van der Waals surface area (Å²) in [5, 5.41) is 6.93. The lowest BCUT2D eigenvalue weighted by Crippen LogP contribution is -2.49. The van der Waals surface area contributed by atoms with Crippen molar-refractivity contribution in [2.45, 2.75) is 70.4 Å². The molecule has 2 heterocycles. The van der Waals surface area contributed by atoms with Crippen molar-refractivity contribution in [3.63, 3.8) is 0 Å². The molecule has 1 N–H and O–H groups in total. The molecule has 0 aromatic carbocycles. The summed E-state index contributed by atoms with van der Waals surface area (Å²) < 4.78 is 5.23. The van der Waals surface area contributed by atoms with Crippen molar-refractivity contribution in [1.82, 2.24) is 20.4 Å². The fraction of sp³-hybridized carbons (Fsp3) is 0.765. The lowest BCUT2D eigenvalue weighted by atomic mass is 9.85. The van der Waals surface area contributed by atoms with E-state index in [0.717, 1.165) is 32.1 Å². The SMILES string of the molecule is CC(C)CC[C@@]1(C2CC2)NC(=O)N(Cc2noc(C3CC3)n2)C1=O. The highest BCUT2D eigenvalue weighted by molar-refractivity contribution is 6.07. The smallest absolute Gasteiger partial charge is 0.325 e. The van der Waals surface area contributed by atoms with Crippen LogP contribution in [0.5, 0.6) is 0 Å². The van der Waals surface area contributed by atoms with Gasteiger partial charge in [-0.3, -0.25) is 9.69 Å². The number of hydrogen-bond donors (Lipinski definition) is 1. The first kappa shape index (κ1) is 15.6. The van der Waals surface area contributed by atoms with Crippen molar-refractivity contribution < 1.29 is 14.1 Å². The molecule has 4 rings (SSSR count). The van der Waals surface area contributed by atoms with Gasteiger partial charge in [0.1, 0.15) is 5.54 Å². The lowest BCUT2D eigenvalue weighted by molar-refractivity contribution is -0.133. The average molecular weight is 332 g/mol. The molecule has 0 spiro atoms. The lowest BCUT2D eigenvalue weighted by Gasteiger charge is -2.27. The number of amides is 3. The van der Waals surface area contributed by atoms with Crippen molar-refractivity contribution in [3.05, 3.63) is 11.7 Å². The van der Waals surface area contributed by atoms with Crippen LogP contribution in [-0.2, 0) is 11.3 Å². The van der Waals surface area contributed by atoms with Gasteiger partial charge in [-0.15, -0.1) is 0 Å². The van der Waals surface area contributed by atoms with Gasteiger partial charge in [0.25, 0.3) is 5.91 Å². The van der Waals surface area contributed by atoms with Crippen LogP contribution in [0.15, 0.2) is 4.52 Å². The Balaban J connectivity index is 1.50. The second-order valence-electron chi connectivity index (χ2n) is 7.82. The van der Waals surface area contributed by atoms with Crippen LogP contribution >= 0.6 is 0 Å². The Bertz CT molecular complexity index is 663. The maximum Gasteiger partial charge on any atom is 0.325 e. The summed E-state index contributed by atoms with van der Waals surface area (Å²) in [6.07, 6.45) is 5.79. The molecule has 3 amide bonds. The molecule has 2 saturated carbocycles. The number of nitrogens with zero attached hydrogens (tertiary/aromatic N) is 3. The molecule has 130 valence electrons. The highest BCUT2D eigenvalue weighted by Crippen LogP contribution is 2.46. The number of nitrogens with one attached hydrogen (secondary N) is 1. The number of carbonyl (C=O) groups excluding carboxylic acids is 2. The Kier molecular flexibility index (Phi) is 3.62. The zero-order valence-corrected chi connectivity index (χ0v) is 14.2. The van der Waals surface area contributed by atoms with Crippen LogP contribution in [0, 0.1) is 11.8 Å². The third kappa shape index (κ3) is 2.70. The Morgan fingerprint density at radius 2 is 2.04 bits per heavy atom. The molecule has 2 aliphatic carbocycles. The molecule has 7 heteroatoms. The van der Waals surface area contributed by atoms with Gasteiger partial charge < -0.3 is 9.84 Å². The molecule has 0 bridgehead atoms. The van der Waals surface area contributed by atoms with Crippen LogP contribution < -0.4 is 5.32 Å². The summed E-state index contributed by atoms with van der Waals surface area (Å²) in [6, 6.07) is -0.326. The number of hydrogen-bond acceptors (Lipinski definition) is 5. The van der Waals surface area contributed by atoms with Gasteiger partial charge in [-0.2, -0.15) is 4.98 Å². The Hall–Kier alpha value is -1.92. The highest BCUT2D eigenvalue weighted by atomic mass is 16.5. The first-order valence-corrected chi connectivity index (χ1v) is 8.96. The average Bonchev–Trinajstić information content (AvgIpc) is 3.46. The fourth-order valence-corrected chi connectivity index (χ4v) is 3.50. The molecule has 0 radical (unpaired) electrons. The molecular weight excluding hydrogens is 308 g/mol. The van der Waals surface area contributed by atoms with Crippen molar-refractivity contribution in [1.29, 1.82) is 0 Å². The van der Waals surface area contributed by atoms with E-state index in [1.807, 2.05) is 0 Å². The standard InChI is InChI=1S/C17H24N4O3/c1-10(2)7-8-17(12-5-6-12)15(22)21(16(23)19-17)9-13-18-14(24-20-13)11-3-4-11/h10-12H,3-9H2,1-2H3,(H,19,23)/t17-/m0/s1. The summed E-state index contributed by atoms with van der Waals surface area (Å²) in [5.41, 5.74) is -0.718. The molecular formula is C17H24N4O3. The van der Waals surface area contributed by atoms with Gasteiger partial charge in [0.15, 0.2) is 5.82 Å². The van der Waals surface area contributed by atoms with Gasteiger partial charge in [-0.05, 0) is 50.4 Å². The predicted molar refractivity (Wildman–Crippen MR) is 84.9 cm³/mol. The zero-order valence-electron chi connectivity index (χ0n) is 14.2. The van der Waals surface area contributed by atoms with Crippen LogP contribution in [0.25, 0.3) is 0 Å². The summed E-state index contributed by atoms with van der Waals surface area (Å²) in [6.45, 7) is 4.37. The maximum absolute atomic E-state index is 13.0. The van der Waals surface area contributed by atoms with E-state index in [2.05, 4.69) is 29.3 Å². The van der Waals surface area contributed by atoms with Crippen LogP contribution in [0.4, 0.5) is 4.79 Å². The van der Waals surface area contributed by atoms with E-state index in [-0.39, 0.29) is 24.4 Å². The molecule has 1 aromatic heterocycles. The number of rotatable bonds is 7. The Morgan fingerprint density at radius 3 is 2.67 bits per heavy atom. The molecule has 1 aromatic rings. The van der Waals surface area contributed by atoms with Gasteiger partial charge in [0.05, 0.1) is 6.54 Å². The predicted octanol–water partition coefficient (Wildman–Crippen LogP) is 2.58. The van der Waals surface area contributed by atoms with E-state index < -0.39 is 5.54 Å². The molecule has 1 aliphatic heterocycles. The monoisotopic (exact) mass is 332 g/mol. The molecule has 7 nitrogen and oxygen atoms in total. The second kappa shape index (κ2) is 5.57. The molecule has 0 unspecified atom stereocenters. The van der Waals surface area contributed by atoms with E-state index in [1.165, 1.54) is 4.90 Å². The van der Waals surface area contributed by atoms with Gasteiger partial charge in [0, 0.05) is 5.92 Å². The van der Waals surface area contributed by atoms with Crippen LogP contribution in [-0.4, -0.2) is 32.5 Å². The first-order chi connectivity index (χ1) is 11.5. The van der Waals surface area contributed by atoms with Crippen LogP contribution in [0.1, 0.15) is 70.0 Å². The van der Waals surface area contributed by atoms with Crippen molar-refractivity contribution in [2.24, 2.45) is 11.8 Å². The van der Waals surface area contributed by atoms with E-state index in [0.29, 0.717) is 30.0 Å². The van der Waals surface area contributed by atoms with Crippen molar-refractivity contribution in [3.8, 4) is 0 Å². The van der Waals surface area contributed by atoms with E-state index in [9.17, 15) is 9.59 Å². The molecule has 24 heavy (non-hydrogen) atoms. The minimum absolute atomic E-state index is 0.0943. The second-order valence-corrected chi connectivity index (χ2v) is 7.82. The maximum atomic E-state index is 13.0. The van der Waals surface area contributed by atoms with Gasteiger partial charge in [-0.25, -0.2) is 4.79 Å². The van der Waals surface area contributed by atoms with Crippen molar-refractivity contribution in [2.75, 3.05) is 0 Å². The Morgan fingerprint density at radius 1 is 1.29 bits per heavy atom. The van der Waals surface area contributed by atoms with E-state index in [4.69, 9.17) is 4.52 Å². The summed E-state index contributed by atoms with van der Waals surface area (Å²) in [5.74, 6) is 2.06. The minimum atomic E-state index is -0.718. The zero-order chi connectivity index (χ0) is 16.9. The first-order valence-electron chi connectivity index (χ1n) is 8.96. The quantitative estimate of drug-likeness (QED) is 0.775. The third-order valence-corrected chi connectivity index (χ3v) is 5.30. The van der Waals surface area contributed by atoms with Crippen LogP contribution in [0.2, 0.25) is 0 Å². The molecule has 3 aliphatic rings. The topological polar surface area (TPSA) is 88.3 Å². The number of imide groups is 1. The number of carbonyl (C=O) groups is 2. The van der Waals surface area contributed by atoms with Gasteiger partial charge in [0.2, 0.25) is 5.89 Å². The fourth-order valence-electron chi connectivity index (χ4n) is 3.50.